The summed E-state index contributed by atoms with van der Waals surface area (Å²) < 4.78 is 0. The van der Waals surface area contributed by atoms with E-state index in [0.29, 0.717) is 0 Å². The van der Waals surface area contributed by atoms with Gasteiger partial charge in [-0.05, 0) is 31.5 Å². The standard InChI is InChI=1S/C14H18N2O.C2H6/c1-15-9-7-14(8-10-15)12-6-4-3-5-11(12)13(17)16(14)2;1-2/h3-6H,7-10H2,1-2H3;1-2H3. The van der Waals surface area contributed by atoms with Crippen molar-refractivity contribution in [1.82, 2.24) is 9.80 Å². The Morgan fingerprint density at radius 2 is 1.63 bits per heavy atom. The molecule has 3 heteroatoms. The topological polar surface area (TPSA) is 23.6 Å². The van der Waals surface area contributed by atoms with Crippen LogP contribution in [0.3, 0.4) is 0 Å². The Hall–Kier alpha value is -1.35. The van der Waals surface area contributed by atoms with Crippen molar-refractivity contribution in [3.63, 3.8) is 0 Å². The van der Waals surface area contributed by atoms with Crippen molar-refractivity contribution >= 4 is 5.91 Å². The van der Waals surface area contributed by atoms with Crippen molar-refractivity contribution in [2.45, 2.75) is 32.2 Å². The van der Waals surface area contributed by atoms with Crippen molar-refractivity contribution in [1.29, 1.82) is 0 Å². The molecule has 0 atom stereocenters. The minimum Gasteiger partial charge on any atom is -0.332 e. The molecule has 19 heavy (non-hydrogen) atoms. The highest BCUT2D eigenvalue weighted by Gasteiger charge is 2.48. The summed E-state index contributed by atoms with van der Waals surface area (Å²) in [5.74, 6) is 0.185. The summed E-state index contributed by atoms with van der Waals surface area (Å²) in [6.45, 7) is 6.12. The van der Waals surface area contributed by atoms with Gasteiger partial charge in [0.1, 0.15) is 0 Å². The lowest BCUT2D eigenvalue weighted by atomic mass is 9.81. The molecular formula is C16H24N2O. The van der Waals surface area contributed by atoms with E-state index < -0.39 is 0 Å². The van der Waals surface area contributed by atoms with E-state index in [1.807, 2.05) is 44.0 Å². The van der Waals surface area contributed by atoms with Crippen LogP contribution < -0.4 is 0 Å². The molecule has 0 unspecified atom stereocenters. The average molecular weight is 260 g/mol. The molecule has 2 aliphatic rings. The van der Waals surface area contributed by atoms with Gasteiger partial charge in [-0.15, -0.1) is 0 Å². The molecule has 1 aromatic carbocycles. The molecule has 1 aromatic rings. The highest BCUT2D eigenvalue weighted by Crippen LogP contribution is 2.44. The number of fused-ring (bicyclic) bond motifs is 2. The van der Waals surface area contributed by atoms with E-state index in [1.165, 1.54) is 5.56 Å². The van der Waals surface area contributed by atoms with Crippen molar-refractivity contribution in [2.75, 3.05) is 27.2 Å². The van der Waals surface area contributed by atoms with Crippen LogP contribution in [-0.4, -0.2) is 42.9 Å². The number of carbonyl (C=O) groups excluding carboxylic acids is 1. The van der Waals surface area contributed by atoms with Crippen LogP contribution in [0.2, 0.25) is 0 Å². The number of amides is 1. The summed E-state index contributed by atoms with van der Waals surface area (Å²) in [6, 6.07) is 8.09. The van der Waals surface area contributed by atoms with Crippen LogP contribution in [0, 0.1) is 0 Å². The molecule has 0 bridgehead atoms. The van der Waals surface area contributed by atoms with E-state index in [0.717, 1.165) is 31.5 Å². The molecule has 2 heterocycles. The van der Waals surface area contributed by atoms with Crippen LogP contribution in [-0.2, 0) is 5.54 Å². The Bertz CT molecular complexity index is 462. The fourth-order valence-electron chi connectivity index (χ4n) is 3.22. The number of piperidine rings is 1. The Labute approximate surface area is 116 Å². The largest absolute Gasteiger partial charge is 0.332 e. The third-order valence-corrected chi connectivity index (χ3v) is 4.42. The predicted octanol–water partition coefficient (Wildman–Crippen LogP) is 2.72. The number of benzene rings is 1. The van der Waals surface area contributed by atoms with E-state index in [9.17, 15) is 4.79 Å². The van der Waals surface area contributed by atoms with E-state index in [1.54, 1.807) is 0 Å². The summed E-state index contributed by atoms with van der Waals surface area (Å²) in [6.07, 6.45) is 2.09. The molecule has 0 saturated carbocycles. The van der Waals surface area contributed by atoms with Crippen LogP contribution in [0.15, 0.2) is 24.3 Å². The van der Waals surface area contributed by atoms with Crippen LogP contribution in [0.25, 0.3) is 0 Å². The van der Waals surface area contributed by atoms with Gasteiger partial charge in [-0.2, -0.15) is 0 Å². The first kappa shape index (κ1) is 14.1. The smallest absolute Gasteiger partial charge is 0.254 e. The number of hydrogen-bond acceptors (Lipinski definition) is 2. The van der Waals surface area contributed by atoms with Crippen molar-refractivity contribution in [3.8, 4) is 0 Å². The van der Waals surface area contributed by atoms with E-state index in [4.69, 9.17) is 0 Å². The van der Waals surface area contributed by atoms with Gasteiger partial charge in [0.25, 0.3) is 5.91 Å². The van der Waals surface area contributed by atoms with Gasteiger partial charge in [0.05, 0.1) is 5.54 Å². The molecule has 2 aliphatic heterocycles. The minimum atomic E-state index is -0.0415. The second-order valence-corrected chi connectivity index (χ2v) is 5.24. The molecule has 1 spiro atoms. The van der Waals surface area contributed by atoms with Gasteiger partial charge < -0.3 is 9.80 Å². The molecule has 1 saturated heterocycles. The quantitative estimate of drug-likeness (QED) is 0.716. The summed E-state index contributed by atoms with van der Waals surface area (Å²) in [5, 5.41) is 0. The Balaban J connectivity index is 0.000000637. The predicted molar refractivity (Wildman–Crippen MR) is 78.3 cm³/mol. The lowest BCUT2D eigenvalue weighted by Crippen LogP contribution is -2.48. The number of nitrogens with zero attached hydrogens (tertiary/aromatic N) is 2. The maximum Gasteiger partial charge on any atom is 0.254 e. The summed E-state index contributed by atoms with van der Waals surface area (Å²) >= 11 is 0. The first-order valence-corrected chi connectivity index (χ1v) is 7.21. The first-order valence-electron chi connectivity index (χ1n) is 7.21. The molecule has 0 aliphatic carbocycles. The molecule has 0 aromatic heterocycles. The molecule has 0 N–H and O–H groups in total. The van der Waals surface area contributed by atoms with Crippen molar-refractivity contribution in [2.24, 2.45) is 0 Å². The number of likely N-dealkylation sites (tertiary alicyclic amines) is 1. The van der Waals surface area contributed by atoms with Gasteiger partial charge in [-0.25, -0.2) is 0 Å². The lowest BCUT2D eigenvalue weighted by molar-refractivity contribution is 0.0425. The lowest BCUT2D eigenvalue weighted by Gasteiger charge is -2.43. The summed E-state index contributed by atoms with van der Waals surface area (Å²) in [7, 11) is 4.10. The fraction of sp³-hybridized carbons (Fsp3) is 0.562. The second-order valence-electron chi connectivity index (χ2n) is 5.24. The van der Waals surface area contributed by atoms with Gasteiger partial charge in [-0.1, -0.05) is 32.0 Å². The highest BCUT2D eigenvalue weighted by molar-refractivity contribution is 5.99. The molecule has 3 rings (SSSR count). The van der Waals surface area contributed by atoms with E-state index in [-0.39, 0.29) is 11.4 Å². The monoisotopic (exact) mass is 260 g/mol. The summed E-state index contributed by atoms with van der Waals surface area (Å²) in [4.78, 5) is 16.6. The number of rotatable bonds is 0. The maximum absolute atomic E-state index is 12.3. The Morgan fingerprint density at radius 3 is 2.26 bits per heavy atom. The zero-order valence-corrected chi connectivity index (χ0v) is 12.4. The van der Waals surface area contributed by atoms with Crippen LogP contribution in [0.4, 0.5) is 0 Å². The molecule has 0 radical (unpaired) electrons. The minimum absolute atomic E-state index is 0.0415. The average Bonchev–Trinajstić information content (AvgIpc) is 2.68. The van der Waals surface area contributed by atoms with Crippen LogP contribution in [0.5, 0.6) is 0 Å². The third kappa shape index (κ3) is 2.06. The van der Waals surface area contributed by atoms with Gasteiger partial charge in [0.15, 0.2) is 0 Å². The van der Waals surface area contributed by atoms with Crippen molar-refractivity contribution < 1.29 is 4.79 Å². The summed E-state index contributed by atoms with van der Waals surface area (Å²) in [5.41, 5.74) is 2.10. The normalized spacial score (nSPS) is 21.1. The molecular weight excluding hydrogens is 236 g/mol. The third-order valence-electron chi connectivity index (χ3n) is 4.42. The van der Waals surface area contributed by atoms with Crippen LogP contribution >= 0.6 is 0 Å². The highest BCUT2D eigenvalue weighted by atomic mass is 16.2. The van der Waals surface area contributed by atoms with E-state index in [2.05, 4.69) is 18.0 Å². The van der Waals surface area contributed by atoms with Crippen LogP contribution in [0.1, 0.15) is 42.6 Å². The van der Waals surface area contributed by atoms with Gasteiger partial charge in [0.2, 0.25) is 0 Å². The van der Waals surface area contributed by atoms with Gasteiger partial charge >= 0.3 is 0 Å². The van der Waals surface area contributed by atoms with Crippen molar-refractivity contribution in [3.05, 3.63) is 35.4 Å². The maximum atomic E-state index is 12.3. The molecule has 3 nitrogen and oxygen atoms in total. The zero-order chi connectivity index (χ0) is 14.0. The first-order chi connectivity index (χ1) is 9.15. The SMILES string of the molecule is CC.CN1CCC2(CC1)c1ccccc1C(=O)N2C. The van der Waals surface area contributed by atoms with Gasteiger partial charge in [0, 0.05) is 25.7 Å². The van der Waals surface area contributed by atoms with E-state index >= 15 is 0 Å². The molecule has 1 amide bonds. The zero-order valence-electron chi connectivity index (χ0n) is 12.4. The molecule has 1 fully saturated rings. The second kappa shape index (κ2) is 5.33. The number of hydrogen-bond donors (Lipinski definition) is 0. The number of carbonyl (C=O) groups is 1. The fourth-order valence-corrected chi connectivity index (χ4v) is 3.22. The Kier molecular flexibility index (Phi) is 3.95. The molecule has 104 valence electrons. The van der Waals surface area contributed by atoms with Gasteiger partial charge in [-0.3, -0.25) is 4.79 Å². The Morgan fingerprint density at radius 1 is 1.05 bits per heavy atom.